The molecule has 2 nitrogen and oxygen atoms in total. The SMILES string of the molecule is Cc1ccsc1CCN(C)CC(CO)C(C)C. The van der Waals surface area contributed by atoms with Gasteiger partial charge in [0, 0.05) is 24.6 Å². The smallest absolute Gasteiger partial charge is 0.0473 e. The van der Waals surface area contributed by atoms with Crippen LogP contribution in [0.5, 0.6) is 0 Å². The second-order valence-electron chi connectivity index (χ2n) is 5.23. The molecular weight excluding hydrogens is 230 g/mol. The molecule has 0 aliphatic heterocycles. The fraction of sp³-hybridized carbons (Fsp3) is 0.714. The van der Waals surface area contributed by atoms with Crippen molar-refractivity contribution in [2.45, 2.75) is 27.2 Å². The lowest BCUT2D eigenvalue weighted by Crippen LogP contribution is -2.32. The molecule has 0 saturated heterocycles. The lowest BCUT2D eigenvalue weighted by molar-refractivity contribution is 0.147. The first kappa shape index (κ1) is 14.7. The summed E-state index contributed by atoms with van der Waals surface area (Å²) in [5, 5.41) is 11.5. The van der Waals surface area contributed by atoms with E-state index in [0.29, 0.717) is 18.4 Å². The molecule has 1 aromatic heterocycles. The molecule has 0 aromatic carbocycles. The summed E-state index contributed by atoms with van der Waals surface area (Å²) in [6, 6.07) is 2.19. The van der Waals surface area contributed by atoms with Crippen molar-refractivity contribution in [3.63, 3.8) is 0 Å². The van der Waals surface area contributed by atoms with Crippen LogP contribution in [-0.2, 0) is 6.42 Å². The number of hydrogen-bond donors (Lipinski definition) is 1. The Kier molecular flexibility index (Phi) is 6.17. The number of aliphatic hydroxyl groups is 1. The zero-order valence-electron chi connectivity index (χ0n) is 11.4. The van der Waals surface area contributed by atoms with Crippen LogP contribution in [0.2, 0.25) is 0 Å². The second-order valence-corrected chi connectivity index (χ2v) is 6.23. The van der Waals surface area contributed by atoms with Gasteiger partial charge in [-0.3, -0.25) is 0 Å². The van der Waals surface area contributed by atoms with Crippen LogP contribution in [0.4, 0.5) is 0 Å². The molecule has 0 aliphatic rings. The highest BCUT2D eigenvalue weighted by Gasteiger charge is 2.14. The van der Waals surface area contributed by atoms with Gasteiger partial charge in [0.2, 0.25) is 0 Å². The lowest BCUT2D eigenvalue weighted by atomic mass is 9.96. The van der Waals surface area contributed by atoms with E-state index in [1.54, 1.807) is 0 Å². The largest absolute Gasteiger partial charge is 0.396 e. The normalized spacial score (nSPS) is 13.6. The molecule has 0 spiro atoms. The Balaban J connectivity index is 2.34. The van der Waals surface area contributed by atoms with Gasteiger partial charge in [-0.25, -0.2) is 0 Å². The lowest BCUT2D eigenvalue weighted by Gasteiger charge is -2.25. The first-order valence-electron chi connectivity index (χ1n) is 6.37. The third-order valence-electron chi connectivity index (χ3n) is 3.41. The summed E-state index contributed by atoms with van der Waals surface area (Å²) < 4.78 is 0. The number of likely N-dealkylation sites (N-methyl/N-ethyl adjacent to an activating group) is 1. The third kappa shape index (κ3) is 4.78. The summed E-state index contributed by atoms with van der Waals surface area (Å²) in [4.78, 5) is 3.82. The number of aliphatic hydroxyl groups excluding tert-OH is 1. The van der Waals surface area contributed by atoms with Gasteiger partial charge in [-0.2, -0.15) is 0 Å². The van der Waals surface area contributed by atoms with E-state index in [0.717, 1.165) is 19.5 Å². The van der Waals surface area contributed by atoms with E-state index in [-0.39, 0.29) is 0 Å². The van der Waals surface area contributed by atoms with E-state index < -0.39 is 0 Å². The van der Waals surface area contributed by atoms with E-state index in [1.807, 2.05) is 11.3 Å². The molecule has 1 atom stereocenters. The molecule has 0 radical (unpaired) electrons. The summed E-state index contributed by atoms with van der Waals surface area (Å²) in [6.45, 7) is 8.88. The first-order valence-corrected chi connectivity index (χ1v) is 7.25. The minimum atomic E-state index is 0.292. The van der Waals surface area contributed by atoms with Crippen LogP contribution < -0.4 is 0 Å². The minimum Gasteiger partial charge on any atom is -0.396 e. The Bertz CT molecular complexity index is 322. The molecule has 17 heavy (non-hydrogen) atoms. The number of nitrogens with zero attached hydrogens (tertiary/aromatic N) is 1. The summed E-state index contributed by atoms with van der Waals surface area (Å²) in [5.74, 6) is 0.940. The summed E-state index contributed by atoms with van der Waals surface area (Å²) in [6.07, 6.45) is 1.12. The van der Waals surface area contributed by atoms with Gasteiger partial charge in [-0.15, -0.1) is 11.3 Å². The fourth-order valence-electron chi connectivity index (χ4n) is 1.92. The van der Waals surface area contributed by atoms with Crippen molar-refractivity contribution in [1.82, 2.24) is 4.90 Å². The second kappa shape index (κ2) is 7.14. The maximum atomic E-state index is 9.32. The number of aryl methyl sites for hydroxylation is 1. The van der Waals surface area contributed by atoms with Crippen LogP contribution in [0.3, 0.4) is 0 Å². The van der Waals surface area contributed by atoms with Crippen LogP contribution in [-0.4, -0.2) is 36.8 Å². The molecule has 0 amide bonds. The molecule has 0 saturated carbocycles. The van der Waals surface area contributed by atoms with Gasteiger partial charge in [-0.1, -0.05) is 13.8 Å². The highest BCUT2D eigenvalue weighted by molar-refractivity contribution is 7.10. The summed E-state index contributed by atoms with van der Waals surface area (Å²) in [5.41, 5.74) is 1.41. The van der Waals surface area contributed by atoms with Crippen LogP contribution in [0.25, 0.3) is 0 Å². The minimum absolute atomic E-state index is 0.292. The Morgan fingerprint density at radius 3 is 2.59 bits per heavy atom. The molecule has 1 N–H and O–H groups in total. The molecule has 3 heteroatoms. The van der Waals surface area contributed by atoms with Gasteiger partial charge in [0.1, 0.15) is 0 Å². The van der Waals surface area contributed by atoms with Crippen molar-refractivity contribution >= 4 is 11.3 Å². The zero-order chi connectivity index (χ0) is 12.8. The number of hydrogen-bond acceptors (Lipinski definition) is 3. The molecule has 1 heterocycles. The summed E-state index contributed by atoms with van der Waals surface area (Å²) in [7, 11) is 2.15. The maximum absolute atomic E-state index is 9.32. The van der Waals surface area contributed by atoms with Crippen LogP contribution in [0.1, 0.15) is 24.3 Å². The molecular formula is C14H25NOS. The van der Waals surface area contributed by atoms with Crippen LogP contribution in [0, 0.1) is 18.8 Å². The molecule has 0 bridgehead atoms. The van der Waals surface area contributed by atoms with Crippen LogP contribution >= 0.6 is 11.3 Å². The van der Waals surface area contributed by atoms with Gasteiger partial charge in [0.15, 0.2) is 0 Å². The van der Waals surface area contributed by atoms with Gasteiger partial charge in [0.05, 0.1) is 0 Å². The Hall–Kier alpha value is -0.380. The van der Waals surface area contributed by atoms with Crippen molar-refractivity contribution in [3.8, 4) is 0 Å². The van der Waals surface area contributed by atoms with Crippen LogP contribution in [0.15, 0.2) is 11.4 Å². The number of thiophene rings is 1. The highest BCUT2D eigenvalue weighted by atomic mass is 32.1. The van der Waals surface area contributed by atoms with E-state index in [4.69, 9.17) is 0 Å². The summed E-state index contributed by atoms with van der Waals surface area (Å²) >= 11 is 1.85. The van der Waals surface area contributed by atoms with Gasteiger partial charge in [0.25, 0.3) is 0 Å². The predicted molar refractivity (Wildman–Crippen MR) is 75.7 cm³/mol. The Morgan fingerprint density at radius 1 is 1.41 bits per heavy atom. The van der Waals surface area contributed by atoms with Gasteiger partial charge >= 0.3 is 0 Å². The zero-order valence-corrected chi connectivity index (χ0v) is 12.3. The third-order valence-corrected chi connectivity index (χ3v) is 4.50. The average molecular weight is 255 g/mol. The predicted octanol–water partition coefficient (Wildman–Crippen LogP) is 2.80. The van der Waals surface area contributed by atoms with E-state index in [1.165, 1.54) is 10.4 Å². The van der Waals surface area contributed by atoms with Gasteiger partial charge in [-0.05, 0) is 49.2 Å². The van der Waals surface area contributed by atoms with E-state index in [2.05, 4.69) is 44.2 Å². The van der Waals surface area contributed by atoms with Crippen molar-refractivity contribution in [2.75, 3.05) is 26.7 Å². The molecule has 0 aliphatic carbocycles. The monoisotopic (exact) mass is 255 g/mol. The van der Waals surface area contributed by atoms with Crippen molar-refractivity contribution < 1.29 is 5.11 Å². The van der Waals surface area contributed by atoms with E-state index >= 15 is 0 Å². The standard InChI is InChI=1S/C14H25NOS/c1-11(2)13(10-16)9-15(4)7-5-14-12(3)6-8-17-14/h6,8,11,13,16H,5,7,9-10H2,1-4H3. The topological polar surface area (TPSA) is 23.5 Å². The molecule has 98 valence electrons. The maximum Gasteiger partial charge on any atom is 0.0473 e. The Morgan fingerprint density at radius 2 is 2.12 bits per heavy atom. The van der Waals surface area contributed by atoms with E-state index in [9.17, 15) is 5.11 Å². The van der Waals surface area contributed by atoms with Gasteiger partial charge < -0.3 is 10.0 Å². The quantitative estimate of drug-likeness (QED) is 0.810. The average Bonchev–Trinajstić information content (AvgIpc) is 2.68. The molecule has 0 fully saturated rings. The van der Waals surface area contributed by atoms with Crippen molar-refractivity contribution in [2.24, 2.45) is 11.8 Å². The fourth-order valence-corrected chi connectivity index (χ4v) is 2.82. The van der Waals surface area contributed by atoms with Crippen molar-refractivity contribution in [1.29, 1.82) is 0 Å². The molecule has 1 unspecified atom stereocenters. The Labute approximate surface area is 109 Å². The number of rotatable bonds is 7. The van der Waals surface area contributed by atoms with Crippen molar-refractivity contribution in [3.05, 3.63) is 21.9 Å². The molecule has 1 rings (SSSR count). The highest BCUT2D eigenvalue weighted by Crippen LogP contribution is 2.17. The first-order chi connectivity index (χ1) is 8.04. The molecule has 1 aromatic rings.